The Morgan fingerprint density at radius 3 is 2.46 bits per heavy atom. The number of urea groups is 1. The molecular weight excluding hydrogens is 176 g/mol. The van der Waals surface area contributed by atoms with Crippen molar-refractivity contribution in [3.63, 3.8) is 0 Å². The van der Waals surface area contributed by atoms with Crippen LogP contribution in [0.5, 0.6) is 0 Å². The van der Waals surface area contributed by atoms with E-state index in [1.807, 2.05) is 6.92 Å². The second-order valence-corrected chi connectivity index (χ2v) is 2.36. The van der Waals surface area contributed by atoms with Crippen LogP contribution >= 0.6 is 0 Å². The Balaban J connectivity index is 3.81. The van der Waals surface area contributed by atoms with Gasteiger partial charge in [0.25, 0.3) is 0 Å². The Bertz CT molecular complexity index is 183. The first-order chi connectivity index (χ1) is 6.07. The number of carbonyl (C=O) groups is 2. The van der Waals surface area contributed by atoms with Crippen molar-refractivity contribution in [3.05, 3.63) is 0 Å². The first-order valence-electron chi connectivity index (χ1n) is 3.99. The van der Waals surface area contributed by atoms with Crippen LogP contribution in [-0.4, -0.2) is 23.8 Å². The molecule has 0 aromatic heterocycles. The fourth-order valence-corrected chi connectivity index (χ4v) is 0.544. The number of nitrogens with zero attached hydrogens (tertiary/aromatic N) is 1. The fraction of sp³-hybridized carbons (Fsp3) is 0.714. The molecule has 0 atom stereocenters. The summed E-state index contributed by atoms with van der Waals surface area (Å²) in [5.41, 5.74) is 4.85. The minimum absolute atomic E-state index is 0.284. The van der Waals surface area contributed by atoms with E-state index < -0.39 is 12.0 Å². The van der Waals surface area contributed by atoms with Crippen LogP contribution in [0.2, 0.25) is 0 Å². The second kappa shape index (κ2) is 6.24. The highest BCUT2D eigenvalue weighted by Crippen LogP contribution is 1.96. The number of rotatable bonds is 4. The zero-order valence-corrected chi connectivity index (χ0v) is 7.78. The molecule has 2 N–H and O–H groups in total. The predicted molar refractivity (Wildman–Crippen MR) is 44.0 cm³/mol. The van der Waals surface area contributed by atoms with Gasteiger partial charge in [0, 0.05) is 6.92 Å². The van der Waals surface area contributed by atoms with Gasteiger partial charge in [0.2, 0.25) is 0 Å². The van der Waals surface area contributed by atoms with Crippen molar-refractivity contribution in [2.45, 2.75) is 26.7 Å². The molecule has 2 amide bonds. The van der Waals surface area contributed by atoms with Gasteiger partial charge in [0.05, 0.1) is 6.61 Å². The summed E-state index contributed by atoms with van der Waals surface area (Å²) < 4.78 is 0. The first-order valence-corrected chi connectivity index (χ1v) is 3.99. The predicted octanol–water partition coefficient (Wildman–Crippen LogP) is 0.577. The first kappa shape index (κ1) is 11.7. The molecule has 0 radical (unpaired) electrons. The van der Waals surface area contributed by atoms with E-state index in [0.717, 1.165) is 19.8 Å². The highest BCUT2D eigenvalue weighted by molar-refractivity contribution is 5.73. The molecule has 0 aliphatic rings. The fourth-order valence-electron chi connectivity index (χ4n) is 0.544. The molecule has 76 valence electrons. The van der Waals surface area contributed by atoms with Gasteiger partial charge in [0.15, 0.2) is 0 Å². The topological polar surface area (TPSA) is 81.9 Å². The van der Waals surface area contributed by atoms with Gasteiger partial charge < -0.3 is 10.6 Å². The lowest BCUT2D eigenvalue weighted by Gasteiger charge is -2.16. The molecule has 0 unspecified atom stereocenters. The lowest BCUT2D eigenvalue weighted by atomic mass is 10.4. The summed E-state index contributed by atoms with van der Waals surface area (Å²) in [7, 11) is 0. The summed E-state index contributed by atoms with van der Waals surface area (Å²) in [5.74, 6) is -0.657. The number of hydroxylamine groups is 2. The smallest absolute Gasteiger partial charge is 0.347 e. The Hall–Kier alpha value is -1.30. The van der Waals surface area contributed by atoms with Gasteiger partial charge in [-0.15, -0.1) is 0 Å². The largest absolute Gasteiger partial charge is 0.374 e. The molecule has 6 heteroatoms. The van der Waals surface area contributed by atoms with E-state index in [9.17, 15) is 9.59 Å². The zero-order valence-electron chi connectivity index (χ0n) is 7.78. The molecule has 0 saturated carbocycles. The molecule has 13 heavy (non-hydrogen) atoms. The van der Waals surface area contributed by atoms with Crippen LogP contribution < -0.4 is 5.73 Å². The van der Waals surface area contributed by atoms with E-state index in [1.165, 1.54) is 0 Å². The maximum atomic E-state index is 10.6. The van der Waals surface area contributed by atoms with Crippen LogP contribution in [0.15, 0.2) is 0 Å². The van der Waals surface area contributed by atoms with Crippen LogP contribution in [0.1, 0.15) is 26.7 Å². The highest BCUT2D eigenvalue weighted by atomic mass is 17.0. The number of amides is 2. The van der Waals surface area contributed by atoms with E-state index >= 15 is 0 Å². The molecule has 0 aromatic carbocycles. The van der Waals surface area contributed by atoms with Crippen molar-refractivity contribution in [2.75, 3.05) is 6.61 Å². The third kappa shape index (κ3) is 5.92. The van der Waals surface area contributed by atoms with Gasteiger partial charge in [-0.05, 0) is 11.6 Å². The van der Waals surface area contributed by atoms with Gasteiger partial charge in [0.1, 0.15) is 0 Å². The summed E-state index contributed by atoms with van der Waals surface area (Å²) in [6, 6.07) is -0.952. The van der Waals surface area contributed by atoms with Gasteiger partial charge >= 0.3 is 12.0 Å². The number of primary amides is 1. The van der Waals surface area contributed by atoms with Crippen LogP contribution in [-0.2, 0) is 14.5 Å². The Morgan fingerprint density at radius 2 is 2.08 bits per heavy atom. The van der Waals surface area contributed by atoms with Gasteiger partial charge in [-0.3, -0.25) is 0 Å². The molecule has 0 rings (SSSR count). The SMILES string of the molecule is CCCCON(OC(C)=O)C(N)=O. The maximum absolute atomic E-state index is 10.6. The van der Waals surface area contributed by atoms with Crippen molar-refractivity contribution in [2.24, 2.45) is 5.73 Å². The van der Waals surface area contributed by atoms with Crippen LogP contribution in [0.4, 0.5) is 4.79 Å². The van der Waals surface area contributed by atoms with Gasteiger partial charge in [-0.2, -0.15) is 0 Å². The third-order valence-electron chi connectivity index (χ3n) is 1.10. The minimum Gasteiger partial charge on any atom is -0.347 e. The third-order valence-corrected chi connectivity index (χ3v) is 1.10. The number of nitrogens with two attached hydrogens (primary N) is 1. The van der Waals surface area contributed by atoms with Crippen molar-refractivity contribution < 1.29 is 19.3 Å². The van der Waals surface area contributed by atoms with Crippen molar-refractivity contribution in [3.8, 4) is 0 Å². The normalized spacial score (nSPS) is 9.38. The van der Waals surface area contributed by atoms with Crippen molar-refractivity contribution >= 4 is 12.0 Å². The van der Waals surface area contributed by atoms with E-state index in [0.29, 0.717) is 5.23 Å². The maximum Gasteiger partial charge on any atom is 0.374 e. The van der Waals surface area contributed by atoms with Gasteiger partial charge in [-0.25, -0.2) is 14.4 Å². The van der Waals surface area contributed by atoms with E-state index in [1.54, 1.807) is 0 Å². The lowest BCUT2D eigenvalue weighted by molar-refractivity contribution is -0.304. The van der Waals surface area contributed by atoms with Gasteiger partial charge in [-0.1, -0.05) is 13.3 Å². The second-order valence-electron chi connectivity index (χ2n) is 2.36. The Labute approximate surface area is 76.5 Å². The molecule has 0 aliphatic carbocycles. The standard InChI is InChI=1S/C7H14N2O4/c1-3-4-5-12-9(7(8)11)13-6(2)10/h3-5H2,1-2H3,(H2,8,11). The van der Waals surface area contributed by atoms with E-state index in [2.05, 4.69) is 4.84 Å². The minimum atomic E-state index is -0.952. The zero-order chi connectivity index (χ0) is 10.3. The molecule has 0 aliphatic heterocycles. The number of hydrogen-bond acceptors (Lipinski definition) is 4. The number of unbranched alkanes of at least 4 members (excludes halogenated alkanes) is 1. The summed E-state index contributed by atoms with van der Waals surface area (Å²) in [6.07, 6.45) is 1.66. The van der Waals surface area contributed by atoms with Crippen LogP contribution in [0.3, 0.4) is 0 Å². The van der Waals surface area contributed by atoms with Crippen molar-refractivity contribution in [1.82, 2.24) is 5.23 Å². The lowest BCUT2D eigenvalue weighted by Crippen LogP contribution is -2.37. The van der Waals surface area contributed by atoms with Crippen LogP contribution in [0.25, 0.3) is 0 Å². The summed E-state index contributed by atoms with van der Waals surface area (Å²) in [5, 5.41) is 0.387. The molecular formula is C7H14N2O4. The van der Waals surface area contributed by atoms with Crippen molar-refractivity contribution in [1.29, 1.82) is 0 Å². The average molecular weight is 190 g/mol. The molecule has 6 nitrogen and oxygen atoms in total. The quantitative estimate of drug-likeness (QED) is 0.519. The number of hydrogen-bond donors (Lipinski definition) is 1. The Kier molecular flexibility index (Phi) is 5.62. The summed E-state index contributed by atoms with van der Waals surface area (Å²) in [6.45, 7) is 3.40. The van der Waals surface area contributed by atoms with Crippen LogP contribution in [0, 0.1) is 0 Å². The average Bonchev–Trinajstić information content (AvgIpc) is 2.02. The number of carbonyl (C=O) groups excluding carboxylic acids is 2. The summed E-state index contributed by atoms with van der Waals surface area (Å²) in [4.78, 5) is 30.1. The Morgan fingerprint density at radius 1 is 1.46 bits per heavy atom. The van der Waals surface area contributed by atoms with E-state index in [-0.39, 0.29) is 6.61 Å². The molecule has 0 fully saturated rings. The van der Waals surface area contributed by atoms with E-state index in [4.69, 9.17) is 10.6 Å². The summed E-state index contributed by atoms with van der Waals surface area (Å²) >= 11 is 0. The molecule has 0 heterocycles. The molecule has 0 saturated heterocycles. The molecule has 0 bridgehead atoms. The monoisotopic (exact) mass is 190 g/mol. The molecule has 0 spiro atoms. The molecule has 0 aromatic rings. The highest BCUT2D eigenvalue weighted by Gasteiger charge is 2.13.